The molecule has 0 spiro atoms. The molecular formula is C15H18ClN3O4S. The molecule has 1 saturated heterocycles. The summed E-state index contributed by atoms with van der Waals surface area (Å²) in [5.74, 6) is -1.71. The zero-order valence-corrected chi connectivity index (χ0v) is 14.6. The van der Waals surface area contributed by atoms with Gasteiger partial charge in [0.05, 0.1) is 4.75 Å². The van der Waals surface area contributed by atoms with Crippen molar-refractivity contribution in [2.24, 2.45) is 4.58 Å². The van der Waals surface area contributed by atoms with Gasteiger partial charge in [0.25, 0.3) is 5.91 Å². The number of likely N-dealkylation sites (tertiary alicyclic amines) is 1. The lowest BCUT2D eigenvalue weighted by Crippen LogP contribution is -2.58. The van der Waals surface area contributed by atoms with E-state index in [0.29, 0.717) is 48.5 Å². The number of carbonyl (C=O) groups is 2. The van der Waals surface area contributed by atoms with Crippen molar-refractivity contribution in [1.29, 1.82) is 0 Å². The van der Waals surface area contributed by atoms with E-state index in [1.807, 2.05) is 11.9 Å². The quantitative estimate of drug-likeness (QED) is 0.588. The highest BCUT2D eigenvalue weighted by Gasteiger charge is 2.47. The van der Waals surface area contributed by atoms with Crippen LogP contribution >= 0.6 is 23.5 Å². The molecule has 1 amide bonds. The third-order valence-electron chi connectivity index (χ3n) is 4.21. The summed E-state index contributed by atoms with van der Waals surface area (Å²) < 4.78 is 1.91. The molecule has 1 aliphatic rings. The number of halogens is 1. The number of carbonyl (C=O) groups excluding carboxylic acids is 1. The monoisotopic (exact) mass is 371 g/mol. The van der Waals surface area contributed by atoms with Crippen molar-refractivity contribution in [2.75, 3.05) is 20.1 Å². The first-order valence-electron chi connectivity index (χ1n) is 7.36. The van der Waals surface area contributed by atoms with Crippen LogP contribution in [-0.2, 0) is 4.79 Å². The van der Waals surface area contributed by atoms with Crippen molar-refractivity contribution < 1.29 is 14.7 Å². The minimum atomic E-state index is -1.21. The Balaban J connectivity index is 2.23. The largest absolute Gasteiger partial charge is 0.480 e. The minimum absolute atomic E-state index is 0.304. The molecule has 7 nitrogen and oxygen atoms in total. The highest BCUT2D eigenvalue weighted by atomic mass is 35.5. The van der Waals surface area contributed by atoms with Gasteiger partial charge in [0.15, 0.2) is 0 Å². The maximum Gasteiger partial charge on any atom is 0.327 e. The first-order valence-corrected chi connectivity index (χ1v) is 8.52. The fourth-order valence-electron chi connectivity index (χ4n) is 2.74. The summed E-state index contributed by atoms with van der Waals surface area (Å²) in [5.41, 5.74) is 0.304. The molecule has 1 aliphatic heterocycles. The summed E-state index contributed by atoms with van der Waals surface area (Å²) in [4.78, 5) is 37.1. The van der Waals surface area contributed by atoms with Crippen LogP contribution < -0.4 is 5.32 Å². The lowest BCUT2D eigenvalue weighted by Gasteiger charge is -2.41. The summed E-state index contributed by atoms with van der Waals surface area (Å²) >= 11 is 6.49. The van der Waals surface area contributed by atoms with E-state index < -0.39 is 22.7 Å². The van der Waals surface area contributed by atoms with Gasteiger partial charge in [0.1, 0.15) is 6.04 Å². The maximum absolute atomic E-state index is 12.4. The molecule has 2 rings (SSSR count). The van der Waals surface area contributed by atoms with Gasteiger partial charge in [-0.05, 0) is 57.2 Å². The van der Waals surface area contributed by atoms with E-state index in [2.05, 4.69) is 9.90 Å². The summed E-state index contributed by atoms with van der Waals surface area (Å²) in [6.07, 6.45) is 0.884. The number of benzene rings is 1. The Bertz CT molecular complexity index is 618. The van der Waals surface area contributed by atoms with E-state index in [0.717, 1.165) is 0 Å². The van der Waals surface area contributed by atoms with Gasteiger partial charge in [0.2, 0.25) is 0 Å². The highest BCUT2D eigenvalue weighted by molar-refractivity contribution is 7.99. The number of carboxylic acid groups (broad SMARTS) is 1. The second-order valence-corrected chi connectivity index (χ2v) is 7.37. The predicted octanol–water partition coefficient (Wildman–Crippen LogP) is 2.40. The zero-order valence-electron chi connectivity index (χ0n) is 13.1. The normalized spacial score (nSPS) is 18.6. The Labute approximate surface area is 148 Å². The Morgan fingerprint density at radius 1 is 1.33 bits per heavy atom. The minimum Gasteiger partial charge on any atom is -0.480 e. The van der Waals surface area contributed by atoms with E-state index in [1.54, 1.807) is 12.1 Å². The van der Waals surface area contributed by atoms with E-state index in [-0.39, 0.29) is 0 Å². The van der Waals surface area contributed by atoms with Gasteiger partial charge in [-0.2, -0.15) is 0 Å². The van der Waals surface area contributed by atoms with Crippen molar-refractivity contribution >= 4 is 35.4 Å². The van der Waals surface area contributed by atoms with Crippen molar-refractivity contribution in [1.82, 2.24) is 10.2 Å². The van der Waals surface area contributed by atoms with Crippen LogP contribution in [0.2, 0.25) is 5.02 Å². The third-order valence-corrected chi connectivity index (χ3v) is 5.54. The van der Waals surface area contributed by atoms with Gasteiger partial charge in [-0.15, -0.1) is 4.91 Å². The molecule has 2 N–H and O–H groups in total. The number of hydrogen-bond donors (Lipinski definition) is 2. The Kier molecular flexibility index (Phi) is 6.20. The third kappa shape index (κ3) is 4.25. The molecule has 1 heterocycles. The van der Waals surface area contributed by atoms with Gasteiger partial charge in [-0.25, -0.2) is 4.79 Å². The fraction of sp³-hybridized carbons (Fsp3) is 0.467. The molecular weight excluding hydrogens is 354 g/mol. The molecule has 130 valence electrons. The van der Waals surface area contributed by atoms with Gasteiger partial charge in [-0.3, -0.25) is 4.79 Å². The molecule has 1 fully saturated rings. The molecule has 9 heteroatoms. The Morgan fingerprint density at radius 2 is 1.92 bits per heavy atom. The van der Waals surface area contributed by atoms with E-state index in [1.165, 1.54) is 12.1 Å². The first-order chi connectivity index (χ1) is 11.4. The molecule has 0 aromatic heterocycles. The van der Waals surface area contributed by atoms with Crippen LogP contribution in [0.15, 0.2) is 28.8 Å². The lowest BCUT2D eigenvalue weighted by atomic mass is 9.88. The maximum atomic E-state index is 12.4. The molecule has 24 heavy (non-hydrogen) atoms. The van der Waals surface area contributed by atoms with Gasteiger partial charge in [0, 0.05) is 27.1 Å². The van der Waals surface area contributed by atoms with Crippen LogP contribution in [0.1, 0.15) is 23.2 Å². The van der Waals surface area contributed by atoms with E-state index >= 15 is 0 Å². The second-order valence-electron chi connectivity index (χ2n) is 5.79. The van der Waals surface area contributed by atoms with Crippen LogP contribution in [0.5, 0.6) is 0 Å². The van der Waals surface area contributed by atoms with Gasteiger partial charge < -0.3 is 15.3 Å². The summed E-state index contributed by atoms with van der Waals surface area (Å²) in [6.45, 7) is 1.26. The first kappa shape index (κ1) is 18.7. The predicted molar refractivity (Wildman–Crippen MR) is 93.2 cm³/mol. The lowest BCUT2D eigenvalue weighted by molar-refractivity contribution is -0.140. The number of hydrogen-bond acceptors (Lipinski definition) is 6. The number of aliphatic carboxylic acids is 1. The van der Waals surface area contributed by atoms with Crippen molar-refractivity contribution in [3.8, 4) is 0 Å². The van der Waals surface area contributed by atoms with Gasteiger partial charge >= 0.3 is 5.97 Å². The molecule has 1 atom stereocenters. The number of piperidine rings is 1. The van der Waals surface area contributed by atoms with Crippen LogP contribution in [0.25, 0.3) is 0 Å². The molecule has 0 saturated carbocycles. The Morgan fingerprint density at radius 3 is 2.42 bits per heavy atom. The van der Waals surface area contributed by atoms with E-state index in [9.17, 15) is 19.6 Å². The summed E-state index contributed by atoms with van der Waals surface area (Å²) in [5, 5.41) is 12.6. The standard InChI is InChI=1S/C15H18ClN3O4S/c1-19-8-6-15(7-9-19,24-18-23)12(14(21)22)17-13(20)10-2-4-11(16)5-3-10/h2-5,12H,6-9H2,1H3,(H,17,20)(H,21,22). The molecule has 1 aromatic carbocycles. The number of rotatable bonds is 6. The summed E-state index contributed by atoms with van der Waals surface area (Å²) in [6, 6.07) is 4.93. The molecule has 0 aliphatic carbocycles. The van der Waals surface area contributed by atoms with Crippen molar-refractivity contribution in [2.45, 2.75) is 23.6 Å². The molecule has 0 bridgehead atoms. The summed E-state index contributed by atoms with van der Waals surface area (Å²) in [7, 11) is 1.92. The second kappa shape index (κ2) is 7.96. The number of nitroso groups, excluding NO2 is 1. The number of carboxylic acids is 1. The Hall–Kier alpha value is -1.64. The number of nitrogens with one attached hydrogen (secondary N) is 1. The van der Waals surface area contributed by atoms with Gasteiger partial charge in [-0.1, -0.05) is 11.6 Å². The number of nitrogens with zero attached hydrogens (tertiary/aromatic N) is 2. The topological polar surface area (TPSA) is 99.1 Å². The van der Waals surface area contributed by atoms with Crippen molar-refractivity contribution in [3.05, 3.63) is 39.8 Å². The molecule has 0 radical (unpaired) electrons. The molecule has 1 unspecified atom stereocenters. The van der Waals surface area contributed by atoms with Crippen LogP contribution in [0, 0.1) is 4.91 Å². The number of amides is 1. The van der Waals surface area contributed by atoms with Crippen LogP contribution in [0.4, 0.5) is 0 Å². The average Bonchev–Trinajstić information content (AvgIpc) is 2.55. The SMILES string of the molecule is CN1CCC(SN=O)(C(NC(=O)c2ccc(Cl)cc2)C(=O)O)CC1. The average molecular weight is 372 g/mol. The fourth-order valence-corrected chi connectivity index (χ4v) is 3.64. The smallest absolute Gasteiger partial charge is 0.327 e. The van der Waals surface area contributed by atoms with Crippen molar-refractivity contribution in [3.63, 3.8) is 0 Å². The van der Waals surface area contributed by atoms with Crippen LogP contribution in [-0.4, -0.2) is 52.8 Å². The zero-order chi connectivity index (χ0) is 17.7. The van der Waals surface area contributed by atoms with E-state index in [4.69, 9.17) is 11.6 Å². The highest BCUT2D eigenvalue weighted by Crippen LogP contribution is 2.40. The molecule has 1 aromatic rings. The van der Waals surface area contributed by atoms with Crippen LogP contribution in [0.3, 0.4) is 0 Å².